The van der Waals surface area contributed by atoms with Crippen LogP contribution in [-0.4, -0.2) is 13.2 Å². The Hall–Kier alpha value is -0.0400. The summed E-state index contributed by atoms with van der Waals surface area (Å²) in [6.07, 6.45) is 9.28. The van der Waals surface area contributed by atoms with Crippen LogP contribution in [0.5, 0.6) is 0 Å². The Labute approximate surface area is 105 Å². The lowest BCUT2D eigenvalue weighted by Gasteiger charge is -2.38. The molecule has 4 saturated carbocycles. The highest BCUT2D eigenvalue weighted by atomic mass is 16.5. The molecule has 0 heterocycles. The zero-order chi connectivity index (χ0) is 11.4. The van der Waals surface area contributed by atoms with E-state index in [4.69, 9.17) is 4.74 Å². The Morgan fingerprint density at radius 1 is 0.941 bits per heavy atom. The number of ether oxygens (including phenoxy) is 1. The van der Waals surface area contributed by atoms with E-state index in [-0.39, 0.29) is 0 Å². The summed E-state index contributed by atoms with van der Waals surface area (Å²) in [4.78, 5) is 0. The van der Waals surface area contributed by atoms with E-state index in [1.807, 2.05) is 0 Å². The molecule has 4 rings (SSSR count). The van der Waals surface area contributed by atoms with E-state index in [2.05, 4.69) is 6.92 Å². The van der Waals surface area contributed by atoms with Crippen molar-refractivity contribution in [3.05, 3.63) is 0 Å². The van der Waals surface area contributed by atoms with Crippen molar-refractivity contribution in [2.75, 3.05) is 13.2 Å². The summed E-state index contributed by atoms with van der Waals surface area (Å²) in [7, 11) is 0. The molecule has 7 atom stereocenters. The van der Waals surface area contributed by atoms with Gasteiger partial charge in [0.15, 0.2) is 0 Å². The highest BCUT2D eigenvalue weighted by Gasteiger charge is 2.61. The lowest BCUT2D eigenvalue weighted by atomic mass is 9.67. The maximum absolute atomic E-state index is 5.58. The summed E-state index contributed by atoms with van der Waals surface area (Å²) >= 11 is 0. The lowest BCUT2D eigenvalue weighted by Crippen LogP contribution is -2.33. The van der Waals surface area contributed by atoms with E-state index in [0.717, 1.165) is 42.8 Å². The minimum Gasteiger partial charge on any atom is -0.382 e. The first-order valence-corrected chi connectivity index (χ1v) is 7.96. The van der Waals surface area contributed by atoms with Crippen molar-refractivity contribution < 1.29 is 4.74 Å². The molecule has 0 radical (unpaired) electrons. The molecular formula is C16H26O. The largest absolute Gasteiger partial charge is 0.382 e. The normalized spacial score (nSPS) is 54.5. The minimum atomic E-state index is 0.900. The van der Waals surface area contributed by atoms with Crippen molar-refractivity contribution in [2.24, 2.45) is 41.4 Å². The van der Waals surface area contributed by atoms with Crippen LogP contribution in [-0.2, 0) is 4.74 Å². The average Bonchev–Trinajstić information content (AvgIpc) is 3.07. The fourth-order valence-corrected chi connectivity index (χ4v) is 6.41. The van der Waals surface area contributed by atoms with E-state index >= 15 is 0 Å². The smallest absolute Gasteiger partial charge is 0.0468 e. The van der Waals surface area contributed by atoms with Crippen LogP contribution in [0.25, 0.3) is 0 Å². The third kappa shape index (κ3) is 1.47. The van der Waals surface area contributed by atoms with E-state index in [1.54, 1.807) is 32.1 Å². The van der Waals surface area contributed by atoms with Gasteiger partial charge in [0.1, 0.15) is 0 Å². The SMILES string of the molecule is CCOCCC1CC2CC1C1C3CCC(C3)C21. The monoisotopic (exact) mass is 234 g/mol. The van der Waals surface area contributed by atoms with Gasteiger partial charge in [-0.15, -0.1) is 0 Å². The van der Waals surface area contributed by atoms with Gasteiger partial charge < -0.3 is 4.74 Å². The molecule has 0 aromatic rings. The molecule has 0 spiro atoms. The molecule has 0 saturated heterocycles. The van der Waals surface area contributed by atoms with Crippen molar-refractivity contribution >= 4 is 0 Å². The Kier molecular flexibility index (Phi) is 2.54. The molecule has 0 amide bonds. The van der Waals surface area contributed by atoms with Gasteiger partial charge in [-0.3, -0.25) is 0 Å². The van der Waals surface area contributed by atoms with Crippen molar-refractivity contribution in [1.82, 2.24) is 0 Å². The molecule has 0 aromatic carbocycles. The topological polar surface area (TPSA) is 9.23 Å². The van der Waals surface area contributed by atoms with Crippen molar-refractivity contribution in [3.63, 3.8) is 0 Å². The second-order valence-electron chi connectivity index (χ2n) is 7.13. The third-order valence-electron chi connectivity index (χ3n) is 6.71. The maximum atomic E-state index is 5.58. The zero-order valence-corrected chi connectivity index (χ0v) is 11.1. The maximum Gasteiger partial charge on any atom is 0.0468 e. The molecule has 0 N–H and O–H groups in total. The molecule has 4 fully saturated rings. The molecule has 96 valence electrons. The standard InChI is InChI=1S/C16H26O/c1-2-17-6-5-10-7-13-9-14(10)16-12-4-3-11(8-12)15(13)16/h10-16H,2-9H2,1H3. The highest BCUT2D eigenvalue weighted by Crippen LogP contribution is 2.69. The number of fused-ring (bicyclic) bond motifs is 9. The van der Waals surface area contributed by atoms with Gasteiger partial charge in [0.2, 0.25) is 0 Å². The summed E-state index contributed by atoms with van der Waals surface area (Å²) < 4.78 is 5.58. The van der Waals surface area contributed by atoms with Crippen LogP contribution >= 0.6 is 0 Å². The highest BCUT2D eigenvalue weighted by molar-refractivity contribution is 5.10. The first-order chi connectivity index (χ1) is 8.38. The molecule has 4 bridgehead atoms. The van der Waals surface area contributed by atoms with Crippen molar-refractivity contribution in [3.8, 4) is 0 Å². The van der Waals surface area contributed by atoms with Crippen LogP contribution < -0.4 is 0 Å². The second-order valence-corrected chi connectivity index (χ2v) is 7.13. The molecule has 17 heavy (non-hydrogen) atoms. The quantitative estimate of drug-likeness (QED) is 0.532. The molecule has 0 aromatic heterocycles. The fourth-order valence-electron chi connectivity index (χ4n) is 6.41. The van der Waals surface area contributed by atoms with Gasteiger partial charge in [-0.2, -0.15) is 0 Å². The van der Waals surface area contributed by atoms with Crippen LogP contribution in [0, 0.1) is 41.4 Å². The number of rotatable bonds is 4. The average molecular weight is 234 g/mol. The van der Waals surface area contributed by atoms with E-state index in [0.29, 0.717) is 0 Å². The van der Waals surface area contributed by atoms with Gasteiger partial charge in [-0.1, -0.05) is 0 Å². The molecule has 0 aliphatic heterocycles. The zero-order valence-electron chi connectivity index (χ0n) is 11.1. The lowest BCUT2D eigenvalue weighted by molar-refractivity contribution is 0.0726. The molecule has 7 unspecified atom stereocenters. The van der Waals surface area contributed by atoms with E-state index < -0.39 is 0 Å². The summed E-state index contributed by atoms with van der Waals surface area (Å²) in [5, 5.41) is 0. The van der Waals surface area contributed by atoms with Gasteiger partial charge in [-0.25, -0.2) is 0 Å². The number of hydrogen-bond acceptors (Lipinski definition) is 1. The van der Waals surface area contributed by atoms with Crippen LogP contribution in [0.4, 0.5) is 0 Å². The Morgan fingerprint density at radius 3 is 2.59 bits per heavy atom. The number of hydrogen-bond donors (Lipinski definition) is 0. The summed E-state index contributed by atoms with van der Waals surface area (Å²) in [5.74, 6) is 7.93. The van der Waals surface area contributed by atoms with Crippen molar-refractivity contribution in [2.45, 2.75) is 45.4 Å². The molecule has 4 aliphatic carbocycles. The minimum absolute atomic E-state index is 0.900. The second kappa shape index (κ2) is 3.98. The van der Waals surface area contributed by atoms with Crippen LogP contribution in [0.15, 0.2) is 0 Å². The van der Waals surface area contributed by atoms with Gasteiger partial charge >= 0.3 is 0 Å². The Bertz CT molecular complexity index is 300. The predicted molar refractivity (Wildman–Crippen MR) is 68.6 cm³/mol. The van der Waals surface area contributed by atoms with Crippen LogP contribution in [0.1, 0.15) is 45.4 Å². The third-order valence-corrected chi connectivity index (χ3v) is 6.71. The van der Waals surface area contributed by atoms with E-state index in [9.17, 15) is 0 Å². The Morgan fingerprint density at radius 2 is 1.76 bits per heavy atom. The van der Waals surface area contributed by atoms with E-state index in [1.165, 1.54) is 18.3 Å². The van der Waals surface area contributed by atoms with Crippen LogP contribution in [0.2, 0.25) is 0 Å². The fraction of sp³-hybridized carbons (Fsp3) is 1.00. The molecule has 4 aliphatic rings. The molecule has 1 heteroatoms. The summed E-state index contributed by atoms with van der Waals surface area (Å²) in [6.45, 7) is 4.04. The summed E-state index contributed by atoms with van der Waals surface area (Å²) in [5.41, 5.74) is 0. The van der Waals surface area contributed by atoms with Gasteiger partial charge in [-0.05, 0) is 86.9 Å². The van der Waals surface area contributed by atoms with Crippen molar-refractivity contribution in [1.29, 1.82) is 0 Å². The summed E-state index contributed by atoms with van der Waals surface area (Å²) in [6, 6.07) is 0. The Balaban J connectivity index is 1.44. The molecular weight excluding hydrogens is 208 g/mol. The van der Waals surface area contributed by atoms with Gasteiger partial charge in [0.05, 0.1) is 0 Å². The van der Waals surface area contributed by atoms with Gasteiger partial charge in [0.25, 0.3) is 0 Å². The predicted octanol–water partition coefficient (Wildman–Crippen LogP) is 3.73. The first-order valence-electron chi connectivity index (χ1n) is 7.96. The van der Waals surface area contributed by atoms with Gasteiger partial charge in [0, 0.05) is 13.2 Å². The van der Waals surface area contributed by atoms with Crippen LogP contribution in [0.3, 0.4) is 0 Å². The molecule has 1 nitrogen and oxygen atoms in total. The first kappa shape index (κ1) is 10.8.